The molecule has 98 valence electrons. The summed E-state index contributed by atoms with van der Waals surface area (Å²) in [6.07, 6.45) is 0.609. The summed E-state index contributed by atoms with van der Waals surface area (Å²) in [5.41, 5.74) is 7.54. The van der Waals surface area contributed by atoms with E-state index in [0.29, 0.717) is 35.7 Å². The minimum absolute atomic E-state index is 0.434. The molecular weight excluding hydrogens is 266 g/mol. The molecule has 0 fully saturated rings. The molecule has 19 heavy (non-hydrogen) atoms. The number of benzene rings is 1. The molecule has 3 aromatic rings. The maximum absolute atomic E-state index is 6.20. The first-order chi connectivity index (χ1) is 9.15. The lowest BCUT2D eigenvalue weighted by molar-refractivity contribution is 0.386. The van der Waals surface area contributed by atoms with E-state index in [1.165, 1.54) is 0 Å². The van der Waals surface area contributed by atoms with E-state index >= 15 is 0 Å². The zero-order valence-corrected chi connectivity index (χ0v) is 11.1. The van der Waals surface area contributed by atoms with Gasteiger partial charge in [0, 0.05) is 19.9 Å². The Morgan fingerprint density at radius 2 is 2.21 bits per heavy atom. The third kappa shape index (κ3) is 2.15. The van der Waals surface area contributed by atoms with Crippen LogP contribution in [-0.2, 0) is 13.0 Å². The number of para-hydroxylation sites is 1. The van der Waals surface area contributed by atoms with Crippen LogP contribution in [0.5, 0.6) is 0 Å². The highest BCUT2D eigenvalue weighted by molar-refractivity contribution is 6.35. The van der Waals surface area contributed by atoms with E-state index in [-0.39, 0.29) is 0 Å². The molecule has 0 aliphatic rings. The molecule has 0 bridgehead atoms. The van der Waals surface area contributed by atoms with Gasteiger partial charge in [0.15, 0.2) is 5.82 Å². The molecule has 0 radical (unpaired) electrons. The smallest absolute Gasteiger partial charge is 0.223 e. The molecule has 7 heteroatoms. The van der Waals surface area contributed by atoms with E-state index in [4.69, 9.17) is 21.9 Å². The molecule has 0 atom stereocenters. The van der Waals surface area contributed by atoms with E-state index in [1.54, 1.807) is 6.92 Å². The number of nitrogens with two attached hydrogens (primary N) is 1. The van der Waals surface area contributed by atoms with Crippen molar-refractivity contribution in [3.63, 3.8) is 0 Å². The van der Waals surface area contributed by atoms with Crippen molar-refractivity contribution >= 4 is 28.6 Å². The molecule has 6 nitrogen and oxygen atoms in total. The van der Waals surface area contributed by atoms with Gasteiger partial charge in [-0.2, -0.15) is 4.98 Å². The van der Waals surface area contributed by atoms with E-state index in [1.807, 2.05) is 22.8 Å². The van der Waals surface area contributed by atoms with Gasteiger partial charge >= 0.3 is 0 Å². The van der Waals surface area contributed by atoms with Gasteiger partial charge < -0.3 is 14.8 Å². The van der Waals surface area contributed by atoms with Crippen molar-refractivity contribution < 1.29 is 4.52 Å². The van der Waals surface area contributed by atoms with Crippen molar-refractivity contribution in [3.8, 4) is 0 Å². The number of nitrogen functional groups attached to an aromatic ring is 1. The number of halogens is 1. The standard InChI is InChI=1S/C12H12ClN5O/c1-7-15-10(17-19-7)5-6-18-11-8(13)3-2-4-9(11)16-12(18)14/h2-4H,5-6H2,1H3,(H2,14,16). The number of fused-ring (bicyclic) bond motifs is 1. The Hall–Kier alpha value is -2.08. The molecule has 0 unspecified atom stereocenters. The molecule has 3 rings (SSSR count). The molecule has 2 heterocycles. The Morgan fingerprint density at radius 3 is 2.95 bits per heavy atom. The molecule has 2 aromatic heterocycles. The minimum Gasteiger partial charge on any atom is -0.369 e. The average molecular weight is 278 g/mol. The second-order valence-corrected chi connectivity index (χ2v) is 4.62. The van der Waals surface area contributed by atoms with Crippen LogP contribution in [0.25, 0.3) is 11.0 Å². The molecule has 0 amide bonds. The second kappa shape index (κ2) is 4.55. The van der Waals surface area contributed by atoms with Crippen LogP contribution in [0.15, 0.2) is 22.7 Å². The number of hydrogen-bond donors (Lipinski definition) is 1. The fourth-order valence-electron chi connectivity index (χ4n) is 2.04. The molecular formula is C12H12ClN5O. The van der Waals surface area contributed by atoms with Crippen LogP contribution in [0.2, 0.25) is 5.02 Å². The normalized spacial score (nSPS) is 11.3. The van der Waals surface area contributed by atoms with Crippen molar-refractivity contribution in [1.82, 2.24) is 19.7 Å². The lowest BCUT2D eigenvalue weighted by Crippen LogP contribution is -2.06. The maximum atomic E-state index is 6.20. The number of anilines is 1. The van der Waals surface area contributed by atoms with Gasteiger partial charge in [0.2, 0.25) is 11.8 Å². The highest BCUT2D eigenvalue weighted by atomic mass is 35.5. The van der Waals surface area contributed by atoms with Crippen LogP contribution in [0.1, 0.15) is 11.7 Å². The van der Waals surface area contributed by atoms with E-state index in [2.05, 4.69) is 15.1 Å². The zero-order valence-electron chi connectivity index (χ0n) is 10.3. The van der Waals surface area contributed by atoms with Crippen LogP contribution in [0.3, 0.4) is 0 Å². The number of rotatable bonds is 3. The number of aryl methyl sites for hydroxylation is 3. The summed E-state index contributed by atoms with van der Waals surface area (Å²) in [6.45, 7) is 2.36. The van der Waals surface area contributed by atoms with Gasteiger partial charge in [-0.1, -0.05) is 22.8 Å². The first-order valence-corrected chi connectivity index (χ1v) is 6.22. The minimum atomic E-state index is 0.434. The number of nitrogens with zero attached hydrogens (tertiary/aromatic N) is 4. The molecule has 2 N–H and O–H groups in total. The number of hydrogen-bond acceptors (Lipinski definition) is 5. The third-order valence-corrected chi connectivity index (χ3v) is 3.18. The Balaban J connectivity index is 1.94. The summed E-state index contributed by atoms with van der Waals surface area (Å²) in [6, 6.07) is 5.55. The fourth-order valence-corrected chi connectivity index (χ4v) is 2.31. The highest BCUT2D eigenvalue weighted by Crippen LogP contribution is 2.25. The Bertz CT molecular complexity index is 733. The van der Waals surface area contributed by atoms with Crippen LogP contribution in [0, 0.1) is 6.92 Å². The maximum Gasteiger partial charge on any atom is 0.223 e. The van der Waals surface area contributed by atoms with E-state index in [9.17, 15) is 0 Å². The predicted octanol–water partition coefficient (Wildman–Crippen LogP) is 2.21. The lowest BCUT2D eigenvalue weighted by Gasteiger charge is -2.05. The molecule has 0 spiro atoms. The number of aromatic nitrogens is 4. The summed E-state index contributed by atoms with van der Waals surface area (Å²) in [7, 11) is 0. The molecule has 0 saturated heterocycles. The van der Waals surface area contributed by atoms with Crippen molar-refractivity contribution in [3.05, 3.63) is 34.9 Å². The Kier molecular flexibility index (Phi) is 2.87. The quantitative estimate of drug-likeness (QED) is 0.793. The fraction of sp³-hybridized carbons (Fsp3) is 0.250. The van der Waals surface area contributed by atoms with Crippen LogP contribution < -0.4 is 5.73 Å². The van der Waals surface area contributed by atoms with Gasteiger partial charge in [0.25, 0.3) is 0 Å². The Labute approximate surface area is 114 Å². The van der Waals surface area contributed by atoms with Crippen LogP contribution in [0.4, 0.5) is 5.95 Å². The predicted molar refractivity (Wildman–Crippen MR) is 71.9 cm³/mol. The van der Waals surface area contributed by atoms with Gasteiger partial charge in [-0.25, -0.2) is 4.98 Å². The van der Waals surface area contributed by atoms with Gasteiger partial charge in [-0.05, 0) is 12.1 Å². The van der Waals surface area contributed by atoms with E-state index < -0.39 is 0 Å². The van der Waals surface area contributed by atoms with Gasteiger partial charge in [0.05, 0.1) is 16.1 Å². The topological polar surface area (TPSA) is 82.8 Å². The van der Waals surface area contributed by atoms with Gasteiger partial charge in [0.1, 0.15) is 0 Å². The zero-order chi connectivity index (χ0) is 13.4. The number of imidazole rings is 1. The molecule has 0 aliphatic heterocycles. The van der Waals surface area contributed by atoms with Crippen molar-refractivity contribution in [1.29, 1.82) is 0 Å². The summed E-state index contributed by atoms with van der Waals surface area (Å²) in [5, 5.41) is 4.48. The largest absolute Gasteiger partial charge is 0.369 e. The first-order valence-electron chi connectivity index (χ1n) is 5.84. The third-order valence-electron chi connectivity index (χ3n) is 2.88. The monoisotopic (exact) mass is 277 g/mol. The second-order valence-electron chi connectivity index (χ2n) is 4.21. The molecule has 0 aliphatic carbocycles. The Morgan fingerprint density at radius 1 is 1.37 bits per heavy atom. The van der Waals surface area contributed by atoms with Gasteiger partial charge in [-0.3, -0.25) is 0 Å². The summed E-state index contributed by atoms with van der Waals surface area (Å²) < 4.78 is 6.80. The first kappa shape index (κ1) is 12.0. The summed E-state index contributed by atoms with van der Waals surface area (Å²) in [5.74, 6) is 1.63. The van der Waals surface area contributed by atoms with Gasteiger partial charge in [-0.15, -0.1) is 0 Å². The highest BCUT2D eigenvalue weighted by Gasteiger charge is 2.12. The summed E-state index contributed by atoms with van der Waals surface area (Å²) in [4.78, 5) is 8.44. The molecule has 0 saturated carbocycles. The average Bonchev–Trinajstić information content (AvgIpc) is 2.91. The van der Waals surface area contributed by atoms with E-state index in [0.717, 1.165) is 11.0 Å². The molecule has 1 aromatic carbocycles. The summed E-state index contributed by atoms with van der Waals surface area (Å²) >= 11 is 6.20. The van der Waals surface area contributed by atoms with Crippen LogP contribution in [-0.4, -0.2) is 19.7 Å². The SMILES string of the molecule is Cc1nc(CCn2c(N)nc3cccc(Cl)c32)no1. The van der Waals surface area contributed by atoms with Crippen molar-refractivity contribution in [2.75, 3.05) is 5.73 Å². The van der Waals surface area contributed by atoms with Crippen LogP contribution >= 0.6 is 11.6 Å². The van der Waals surface area contributed by atoms with Crippen molar-refractivity contribution in [2.24, 2.45) is 0 Å². The lowest BCUT2D eigenvalue weighted by atomic mass is 10.3. The van der Waals surface area contributed by atoms with Crippen molar-refractivity contribution in [2.45, 2.75) is 19.9 Å².